The molecule has 2 aromatic heterocycles. The molecule has 0 radical (unpaired) electrons. The average Bonchev–Trinajstić information content (AvgIpc) is 3.15. The lowest BCUT2D eigenvalue weighted by Crippen LogP contribution is -2.48. The maximum atomic E-state index is 12.7. The molecule has 1 amide bonds. The van der Waals surface area contributed by atoms with Crippen molar-refractivity contribution in [2.75, 3.05) is 18.4 Å². The number of morpholine rings is 1. The summed E-state index contributed by atoms with van der Waals surface area (Å²) in [4.78, 5) is 22.0. The van der Waals surface area contributed by atoms with Crippen molar-refractivity contribution in [2.24, 2.45) is 0 Å². The van der Waals surface area contributed by atoms with Crippen LogP contribution in [0.4, 0.5) is 5.69 Å². The molecule has 1 saturated heterocycles. The number of hydrogen-bond acceptors (Lipinski definition) is 4. The van der Waals surface area contributed by atoms with Gasteiger partial charge in [-0.1, -0.05) is 0 Å². The van der Waals surface area contributed by atoms with E-state index < -0.39 is 0 Å². The minimum atomic E-state index is 0.0618. The van der Waals surface area contributed by atoms with Crippen molar-refractivity contribution in [1.29, 1.82) is 0 Å². The Morgan fingerprint density at radius 2 is 1.93 bits per heavy atom. The molecule has 27 heavy (non-hydrogen) atoms. The van der Waals surface area contributed by atoms with Crippen molar-refractivity contribution in [3.63, 3.8) is 0 Å². The first-order chi connectivity index (χ1) is 13.1. The van der Waals surface area contributed by atoms with E-state index in [0.717, 1.165) is 16.7 Å². The van der Waals surface area contributed by atoms with Crippen molar-refractivity contribution in [3.8, 4) is 0 Å². The second-order valence-electron chi connectivity index (χ2n) is 7.11. The SMILES string of the molecule is CC1CN(C(=O)c2ccc(NCc3ccnc4[nH]ccc34)cc2)CC(C)O1. The van der Waals surface area contributed by atoms with E-state index in [2.05, 4.69) is 15.3 Å². The molecule has 0 bridgehead atoms. The predicted octanol–water partition coefficient (Wildman–Crippen LogP) is 3.42. The van der Waals surface area contributed by atoms with Crippen LogP contribution in [0, 0.1) is 0 Å². The molecule has 1 aliphatic heterocycles. The Morgan fingerprint density at radius 3 is 2.67 bits per heavy atom. The summed E-state index contributed by atoms with van der Waals surface area (Å²) in [5.74, 6) is 0.0618. The van der Waals surface area contributed by atoms with Gasteiger partial charge in [-0.25, -0.2) is 4.98 Å². The van der Waals surface area contributed by atoms with Crippen molar-refractivity contribution in [1.82, 2.24) is 14.9 Å². The molecule has 6 nitrogen and oxygen atoms in total. The van der Waals surface area contributed by atoms with Crippen LogP contribution in [0.5, 0.6) is 0 Å². The van der Waals surface area contributed by atoms with Crippen LogP contribution in [0.25, 0.3) is 11.0 Å². The van der Waals surface area contributed by atoms with Gasteiger partial charge in [0.1, 0.15) is 5.65 Å². The molecule has 2 N–H and O–H groups in total. The molecule has 0 aliphatic carbocycles. The van der Waals surface area contributed by atoms with Crippen LogP contribution in [-0.2, 0) is 11.3 Å². The summed E-state index contributed by atoms with van der Waals surface area (Å²) in [5.41, 5.74) is 3.76. The molecular weight excluding hydrogens is 340 g/mol. The fourth-order valence-corrected chi connectivity index (χ4v) is 3.63. The Hall–Kier alpha value is -2.86. The fraction of sp³-hybridized carbons (Fsp3) is 0.333. The molecule has 0 saturated carbocycles. The van der Waals surface area contributed by atoms with Gasteiger partial charge in [-0.15, -0.1) is 0 Å². The molecule has 3 aromatic rings. The fourth-order valence-electron chi connectivity index (χ4n) is 3.63. The monoisotopic (exact) mass is 364 g/mol. The number of carbonyl (C=O) groups excluding carboxylic acids is 1. The van der Waals surface area contributed by atoms with Gasteiger partial charge in [0.05, 0.1) is 12.2 Å². The highest BCUT2D eigenvalue weighted by Crippen LogP contribution is 2.19. The van der Waals surface area contributed by atoms with E-state index >= 15 is 0 Å². The van der Waals surface area contributed by atoms with Gasteiger partial charge in [0.25, 0.3) is 5.91 Å². The van der Waals surface area contributed by atoms with Gasteiger partial charge in [0.2, 0.25) is 0 Å². The standard InChI is InChI=1S/C21H24N4O2/c1-14-12-25(13-15(2)27-14)21(26)16-3-5-18(6-4-16)24-11-17-7-9-22-20-19(17)8-10-23-20/h3-10,14-15,24H,11-13H2,1-2H3,(H,22,23). The number of H-pyrrole nitrogens is 1. The number of fused-ring (bicyclic) bond motifs is 1. The van der Waals surface area contributed by atoms with Gasteiger partial charge >= 0.3 is 0 Å². The van der Waals surface area contributed by atoms with Crippen LogP contribution in [0.3, 0.4) is 0 Å². The second-order valence-corrected chi connectivity index (χ2v) is 7.11. The number of rotatable bonds is 4. The lowest BCUT2D eigenvalue weighted by molar-refractivity contribution is -0.0586. The Bertz CT molecular complexity index is 925. The first-order valence-electron chi connectivity index (χ1n) is 9.30. The quantitative estimate of drug-likeness (QED) is 0.744. The Balaban J connectivity index is 1.41. The van der Waals surface area contributed by atoms with E-state index in [4.69, 9.17) is 4.74 Å². The smallest absolute Gasteiger partial charge is 0.254 e. The minimum Gasteiger partial charge on any atom is -0.381 e. The molecule has 3 heterocycles. The average molecular weight is 364 g/mol. The van der Waals surface area contributed by atoms with Gasteiger partial charge in [-0.3, -0.25) is 4.79 Å². The molecule has 6 heteroatoms. The zero-order valence-electron chi connectivity index (χ0n) is 15.6. The van der Waals surface area contributed by atoms with Crippen LogP contribution in [-0.4, -0.2) is 46.1 Å². The van der Waals surface area contributed by atoms with Crippen molar-refractivity contribution in [2.45, 2.75) is 32.6 Å². The van der Waals surface area contributed by atoms with E-state index in [1.54, 1.807) is 0 Å². The zero-order chi connectivity index (χ0) is 18.8. The van der Waals surface area contributed by atoms with Crippen molar-refractivity contribution in [3.05, 3.63) is 59.9 Å². The van der Waals surface area contributed by atoms with Crippen molar-refractivity contribution >= 4 is 22.6 Å². The maximum absolute atomic E-state index is 12.7. The minimum absolute atomic E-state index is 0.0618. The number of nitrogens with zero attached hydrogens (tertiary/aromatic N) is 2. The van der Waals surface area contributed by atoms with Gasteiger partial charge in [0, 0.05) is 48.7 Å². The van der Waals surface area contributed by atoms with Crippen LogP contribution < -0.4 is 5.32 Å². The van der Waals surface area contributed by atoms with Crippen LogP contribution >= 0.6 is 0 Å². The van der Waals surface area contributed by atoms with Crippen LogP contribution in [0.1, 0.15) is 29.8 Å². The number of nitrogens with one attached hydrogen (secondary N) is 2. The van der Waals surface area contributed by atoms with E-state index in [1.807, 2.05) is 67.5 Å². The van der Waals surface area contributed by atoms with Gasteiger partial charge in [-0.2, -0.15) is 0 Å². The summed E-state index contributed by atoms with van der Waals surface area (Å²) in [6.45, 7) is 5.98. The summed E-state index contributed by atoms with van der Waals surface area (Å²) in [6.07, 6.45) is 3.85. The number of amides is 1. The molecule has 2 atom stereocenters. The Morgan fingerprint density at radius 1 is 1.19 bits per heavy atom. The number of carbonyl (C=O) groups is 1. The maximum Gasteiger partial charge on any atom is 0.254 e. The summed E-state index contributed by atoms with van der Waals surface area (Å²) in [5, 5.41) is 4.53. The third-order valence-electron chi connectivity index (χ3n) is 4.87. The number of ether oxygens (including phenoxy) is 1. The number of anilines is 1. The lowest BCUT2D eigenvalue weighted by Gasteiger charge is -2.35. The highest BCUT2D eigenvalue weighted by atomic mass is 16.5. The Labute approximate surface area is 158 Å². The molecule has 1 aromatic carbocycles. The molecule has 1 aliphatic rings. The molecular formula is C21H24N4O2. The zero-order valence-corrected chi connectivity index (χ0v) is 15.6. The predicted molar refractivity (Wildman–Crippen MR) is 106 cm³/mol. The largest absolute Gasteiger partial charge is 0.381 e. The molecule has 4 rings (SSSR count). The Kier molecular flexibility index (Phi) is 4.81. The van der Waals surface area contributed by atoms with E-state index in [-0.39, 0.29) is 18.1 Å². The summed E-state index contributed by atoms with van der Waals surface area (Å²) >= 11 is 0. The van der Waals surface area contributed by atoms with Crippen molar-refractivity contribution < 1.29 is 9.53 Å². The van der Waals surface area contributed by atoms with Gasteiger partial charge in [-0.05, 0) is 55.8 Å². The first kappa shape index (κ1) is 17.5. The third-order valence-corrected chi connectivity index (χ3v) is 4.87. The molecule has 140 valence electrons. The van der Waals surface area contributed by atoms with Crippen LogP contribution in [0.15, 0.2) is 48.8 Å². The number of aromatic amines is 1. The first-order valence-corrected chi connectivity index (χ1v) is 9.30. The molecule has 2 unspecified atom stereocenters. The van der Waals surface area contributed by atoms with E-state index in [1.165, 1.54) is 5.56 Å². The summed E-state index contributed by atoms with van der Waals surface area (Å²) < 4.78 is 5.71. The highest BCUT2D eigenvalue weighted by Gasteiger charge is 2.26. The van der Waals surface area contributed by atoms with E-state index in [0.29, 0.717) is 25.2 Å². The topological polar surface area (TPSA) is 70.2 Å². The van der Waals surface area contributed by atoms with Gasteiger partial charge < -0.3 is 19.9 Å². The number of hydrogen-bond donors (Lipinski definition) is 2. The second kappa shape index (κ2) is 7.40. The third kappa shape index (κ3) is 3.80. The number of aromatic nitrogens is 2. The number of benzene rings is 1. The van der Waals surface area contributed by atoms with Crippen LogP contribution in [0.2, 0.25) is 0 Å². The lowest BCUT2D eigenvalue weighted by atomic mass is 10.1. The normalized spacial score (nSPS) is 20.0. The summed E-state index contributed by atoms with van der Waals surface area (Å²) in [6, 6.07) is 11.7. The van der Waals surface area contributed by atoms with Gasteiger partial charge in [0.15, 0.2) is 0 Å². The highest BCUT2D eigenvalue weighted by molar-refractivity contribution is 5.94. The molecule has 0 spiro atoms. The number of pyridine rings is 1. The van der Waals surface area contributed by atoms with E-state index in [9.17, 15) is 4.79 Å². The molecule has 1 fully saturated rings. The summed E-state index contributed by atoms with van der Waals surface area (Å²) in [7, 11) is 0.